The van der Waals surface area contributed by atoms with Crippen molar-refractivity contribution in [3.8, 4) is 0 Å². The molecule has 0 aromatic heterocycles. The highest BCUT2D eigenvalue weighted by Gasteiger charge is 2.16. The van der Waals surface area contributed by atoms with E-state index in [0.29, 0.717) is 6.04 Å². The van der Waals surface area contributed by atoms with Gasteiger partial charge in [0.25, 0.3) is 0 Å². The minimum atomic E-state index is 0.508. The van der Waals surface area contributed by atoms with Gasteiger partial charge in [-0.15, -0.1) is 0 Å². The van der Waals surface area contributed by atoms with Crippen molar-refractivity contribution >= 4 is 0 Å². The van der Waals surface area contributed by atoms with E-state index >= 15 is 0 Å². The third kappa shape index (κ3) is 3.10. The zero-order valence-corrected chi connectivity index (χ0v) is 12.3. The monoisotopic (exact) mass is 233 g/mol. The quantitative estimate of drug-likeness (QED) is 0.796. The maximum Gasteiger partial charge on any atom is 0.0323 e. The molecule has 0 bridgehead atoms. The molecule has 1 aromatic rings. The predicted octanol–water partition coefficient (Wildman–Crippen LogP) is 4.37. The van der Waals surface area contributed by atoms with E-state index in [1.807, 2.05) is 0 Å². The zero-order chi connectivity index (χ0) is 13.0. The number of hydrogen-bond acceptors (Lipinski definition) is 1. The topological polar surface area (TPSA) is 12.0 Å². The first-order valence-corrected chi connectivity index (χ1v) is 6.83. The molecule has 96 valence electrons. The Kier molecular flexibility index (Phi) is 5.20. The third-order valence-electron chi connectivity index (χ3n) is 3.82. The van der Waals surface area contributed by atoms with Gasteiger partial charge < -0.3 is 5.32 Å². The molecule has 1 nitrogen and oxygen atoms in total. The Bertz CT molecular complexity index is 353. The maximum absolute atomic E-state index is 3.67. The molecule has 0 aliphatic rings. The van der Waals surface area contributed by atoms with E-state index in [2.05, 4.69) is 52.9 Å². The number of nitrogens with one attached hydrogen (secondary N) is 1. The molecule has 1 aromatic carbocycles. The van der Waals surface area contributed by atoms with Crippen molar-refractivity contribution in [2.24, 2.45) is 0 Å². The van der Waals surface area contributed by atoms with Crippen LogP contribution in [0, 0.1) is 27.7 Å². The molecule has 0 fully saturated rings. The van der Waals surface area contributed by atoms with Crippen molar-refractivity contribution in [1.82, 2.24) is 5.32 Å². The van der Waals surface area contributed by atoms with E-state index in [4.69, 9.17) is 0 Å². The molecule has 1 N–H and O–H groups in total. The lowest BCUT2D eigenvalue weighted by Gasteiger charge is -2.24. The second-order valence-corrected chi connectivity index (χ2v) is 5.09. The molecule has 0 aliphatic carbocycles. The van der Waals surface area contributed by atoms with Crippen molar-refractivity contribution in [3.63, 3.8) is 0 Å². The van der Waals surface area contributed by atoms with Crippen LogP contribution in [0.5, 0.6) is 0 Å². The molecule has 1 heteroatoms. The van der Waals surface area contributed by atoms with Crippen LogP contribution in [0.4, 0.5) is 0 Å². The Labute approximate surface area is 107 Å². The molecule has 0 saturated carbocycles. The summed E-state index contributed by atoms with van der Waals surface area (Å²) in [6, 6.07) is 2.81. The highest BCUT2D eigenvalue weighted by Crippen LogP contribution is 2.29. The molecule has 1 rings (SSSR count). The van der Waals surface area contributed by atoms with Crippen molar-refractivity contribution in [2.75, 3.05) is 6.54 Å². The highest BCUT2D eigenvalue weighted by atomic mass is 14.9. The number of rotatable bonds is 5. The molecule has 1 unspecified atom stereocenters. The molecular weight excluding hydrogens is 206 g/mol. The first-order chi connectivity index (χ1) is 8.02. The standard InChI is InChI=1S/C16H27N/c1-7-9-17-15(8-2)16-13(5)11(3)10-12(4)14(16)6/h10,15,17H,7-9H2,1-6H3. The summed E-state index contributed by atoms with van der Waals surface area (Å²) in [5, 5.41) is 3.67. The van der Waals surface area contributed by atoms with Gasteiger partial charge in [-0.25, -0.2) is 0 Å². The zero-order valence-electron chi connectivity index (χ0n) is 12.3. The van der Waals surface area contributed by atoms with E-state index in [1.165, 1.54) is 34.2 Å². The van der Waals surface area contributed by atoms with Gasteiger partial charge in [0.1, 0.15) is 0 Å². The molecule has 0 heterocycles. The number of benzene rings is 1. The molecular formula is C16H27N. The van der Waals surface area contributed by atoms with Crippen LogP contribution in [0.2, 0.25) is 0 Å². The van der Waals surface area contributed by atoms with Gasteiger partial charge in [0.2, 0.25) is 0 Å². The second-order valence-electron chi connectivity index (χ2n) is 5.09. The van der Waals surface area contributed by atoms with Crippen molar-refractivity contribution in [2.45, 2.75) is 60.4 Å². The van der Waals surface area contributed by atoms with Gasteiger partial charge in [0, 0.05) is 6.04 Å². The Morgan fingerprint density at radius 3 is 1.94 bits per heavy atom. The van der Waals surface area contributed by atoms with Crippen LogP contribution in [-0.2, 0) is 0 Å². The van der Waals surface area contributed by atoms with Gasteiger partial charge in [0.05, 0.1) is 0 Å². The first-order valence-electron chi connectivity index (χ1n) is 6.83. The smallest absolute Gasteiger partial charge is 0.0323 e. The van der Waals surface area contributed by atoms with Crippen LogP contribution in [-0.4, -0.2) is 6.54 Å². The summed E-state index contributed by atoms with van der Waals surface area (Å²) in [4.78, 5) is 0. The fourth-order valence-electron chi connectivity index (χ4n) is 2.54. The normalized spacial score (nSPS) is 12.8. The Balaban J connectivity index is 3.17. The van der Waals surface area contributed by atoms with E-state index in [9.17, 15) is 0 Å². The highest BCUT2D eigenvalue weighted by molar-refractivity contribution is 5.45. The summed E-state index contributed by atoms with van der Waals surface area (Å²) in [5.41, 5.74) is 7.28. The number of hydrogen-bond donors (Lipinski definition) is 1. The molecule has 0 saturated heterocycles. The summed E-state index contributed by atoms with van der Waals surface area (Å²) in [6.07, 6.45) is 2.35. The molecule has 1 atom stereocenters. The minimum absolute atomic E-state index is 0.508. The summed E-state index contributed by atoms with van der Waals surface area (Å²) in [6.45, 7) is 14.5. The van der Waals surface area contributed by atoms with Gasteiger partial charge in [-0.3, -0.25) is 0 Å². The van der Waals surface area contributed by atoms with E-state index in [1.54, 1.807) is 0 Å². The van der Waals surface area contributed by atoms with Gasteiger partial charge in [0.15, 0.2) is 0 Å². The van der Waals surface area contributed by atoms with E-state index in [-0.39, 0.29) is 0 Å². The summed E-state index contributed by atoms with van der Waals surface area (Å²) >= 11 is 0. The van der Waals surface area contributed by atoms with Gasteiger partial charge in [-0.2, -0.15) is 0 Å². The summed E-state index contributed by atoms with van der Waals surface area (Å²) < 4.78 is 0. The average Bonchev–Trinajstić information content (AvgIpc) is 2.31. The lowest BCUT2D eigenvalue weighted by atomic mass is 9.88. The van der Waals surface area contributed by atoms with Gasteiger partial charge in [-0.05, 0) is 74.9 Å². The van der Waals surface area contributed by atoms with Crippen molar-refractivity contribution in [1.29, 1.82) is 0 Å². The maximum atomic E-state index is 3.67. The lowest BCUT2D eigenvalue weighted by Crippen LogP contribution is -2.23. The van der Waals surface area contributed by atoms with E-state index < -0.39 is 0 Å². The van der Waals surface area contributed by atoms with Crippen LogP contribution in [0.25, 0.3) is 0 Å². The van der Waals surface area contributed by atoms with Crippen LogP contribution < -0.4 is 5.32 Å². The Morgan fingerprint density at radius 2 is 1.53 bits per heavy atom. The summed E-state index contributed by atoms with van der Waals surface area (Å²) in [7, 11) is 0. The minimum Gasteiger partial charge on any atom is -0.310 e. The molecule has 0 aliphatic heterocycles. The lowest BCUT2D eigenvalue weighted by molar-refractivity contribution is 0.513. The fraction of sp³-hybridized carbons (Fsp3) is 0.625. The van der Waals surface area contributed by atoms with Crippen molar-refractivity contribution < 1.29 is 0 Å². The second kappa shape index (κ2) is 6.20. The average molecular weight is 233 g/mol. The summed E-state index contributed by atoms with van der Waals surface area (Å²) in [5.74, 6) is 0. The van der Waals surface area contributed by atoms with Crippen molar-refractivity contribution in [3.05, 3.63) is 33.9 Å². The van der Waals surface area contributed by atoms with Gasteiger partial charge >= 0.3 is 0 Å². The SMILES string of the molecule is CCCNC(CC)c1c(C)c(C)cc(C)c1C. The van der Waals surface area contributed by atoms with Crippen LogP contribution >= 0.6 is 0 Å². The fourth-order valence-corrected chi connectivity index (χ4v) is 2.54. The van der Waals surface area contributed by atoms with E-state index in [0.717, 1.165) is 13.0 Å². The van der Waals surface area contributed by atoms with Crippen LogP contribution in [0.15, 0.2) is 6.07 Å². The third-order valence-corrected chi connectivity index (χ3v) is 3.82. The van der Waals surface area contributed by atoms with Crippen LogP contribution in [0.3, 0.4) is 0 Å². The predicted molar refractivity (Wildman–Crippen MR) is 76.7 cm³/mol. The molecule has 0 spiro atoms. The molecule has 0 amide bonds. The molecule has 0 radical (unpaired) electrons. The largest absolute Gasteiger partial charge is 0.310 e. The Morgan fingerprint density at radius 1 is 1.00 bits per heavy atom. The number of aryl methyl sites for hydroxylation is 2. The molecule has 17 heavy (non-hydrogen) atoms. The Hall–Kier alpha value is -0.820. The van der Waals surface area contributed by atoms with Gasteiger partial charge in [-0.1, -0.05) is 19.9 Å². The first kappa shape index (κ1) is 14.2. The van der Waals surface area contributed by atoms with Crippen LogP contribution in [0.1, 0.15) is 60.5 Å².